The van der Waals surface area contributed by atoms with Crippen LogP contribution in [-0.2, 0) is 11.3 Å². The van der Waals surface area contributed by atoms with Gasteiger partial charge in [-0.2, -0.15) is 0 Å². The Morgan fingerprint density at radius 3 is 2.79 bits per heavy atom. The van der Waals surface area contributed by atoms with Crippen LogP contribution in [0.5, 0.6) is 0 Å². The van der Waals surface area contributed by atoms with Gasteiger partial charge in [0.25, 0.3) is 11.5 Å². The normalized spacial score (nSPS) is 15.8. The molecule has 0 unspecified atom stereocenters. The van der Waals surface area contributed by atoms with E-state index in [2.05, 4.69) is 5.32 Å². The SMILES string of the molecule is Cc1cccn2c(=O)c3cc(C(=O)NC[C@H]4CCCO4)c(=N)n(Cc4ccccc4)c3nc12. The second-order valence-corrected chi connectivity index (χ2v) is 8.36. The average Bonchev–Trinajstić information content (AvgIpc) is 3.35. The van der Waals surface area contributed by atoms with Gasteiger partial charge >= 0.3 is 0 Å². The Bertz CT molecular complexity index is 1470. The van der Waals surface area contributed by atoms with E-state index in [4.69, 9.17) is 15.1 Å². The molecular formula is C25H25N5O3. The number of aryl methyl sites for hydroxylation is 1. The zero-order chi connectivity index (χ0) is 22.9. The van der Waals surface area contributed by atoms with Crippen molar-refractivity contribution in [2.45, 2.75) is 32.4 Å². The number of aromatic nitrogens is 3. The average molecular weight is 444 g/mol. The van der Waals surface area contributed by atoms with Crippen molar-refractivity contribution in [3.05, 3.63) is 87.3 Å². The van der Waals surface area contributed by atoms with E-state index in [9.17, 15) is 9.59 Å². The van der Waals surface area contributed by atoms with E-state index >= 15 is 0 Å². The minimum Gasteiger partial charge on any atom is -0.376 e. The van der Waals surface area contributed by atoms with Crippen molar-refractivity contribution in [3.8, 4) is 0 Å². The van der Waals surface area contributed by atoms with Crippen LogP contribution in [0.2, 0.25) is 0 Å². The third-order valence-corrected chi connectivity index (χ3v) is 6.08. The highest BCUT2D eigenvalue weighted by Crippen LogP contribution is 2.15. The number of carbonyl (C=O) groups excluding carboxylic acids is 1. The van der Waals surface area contributed by atoms with Crippen LogP contribution in [0.25, 0.3) is 16.7 Å². The number of benzene rings is 1. The summed E-state index contributed by atoms with van der Waals surface area (Å²) in [5.41, 5.74) is 2.61. The van der Waals surface area contributed by atoms with E-state index < -0.39 is 5.91 Å². The van der Waals surface area contributed by atoms with Crippen LogP contribution in [0.4, 0.5) is 0 Å². The van der Waals surface area contributed by atoms with E-state index in [0.29, 0.717) is 36.4 Å². The summed E-state index contributed by atoms with van der Waals surface area (Å²) in [7, 11) is 0. The number of nitrogens with zero attached hydrogens (tertiary/aromatic N) is 3. The highest BCUT2D eigenvalue weighted by molar-refractivity contribution is 5.96. The summed E-state index contributed by atoms with van der Waals surface area (Å²) in [6.07, 6.45) is 3.53. The van der Waals surface area contributed by atoms with E-state index in [1.54, 1.807) is 16.8 Å². The fourth-order valence-electron chi connectivity index (χ4n) is 4.30. The second-order valence-electron chi connectivity index (χ2n) is 8.36. The maximum Gasteiger partial charge on any atom is 0.267 e. The van der Waals surface area contributed by atoms with Crippen molar-refractivity contribution in [1.29, 1.82) is 5.41 Å². The van der Waals surface area contributed by atoms with Gasteiger partial charge in [0.1, 0.15) is 16.8 Å². The van der Waals surface area contributed by atoms with Gasteiger partial charge in [-0.25, -0.2) is 4.98 Å². The Hall–Kier alpha value is -3.78. The smallest absolute Gasteiger partial charge is 0.267 e. The molecule has 0 saturated carbocycles. The summed E-state index contributed by atoms with van der Waals surface area (Å²) in [6, 6.07) is 14.8. The maximum atomic E-state index is 13.4. The summed E-state index contributed by atoms with van der Waals surface area (Å²) < 4.78 is 8.72. The second kappa shape index (κ2) is 8.63. The number of nitrogens with one attached hydrogen (secondary N) is 2. The molecule has 33 heavy (non-hydrogen) atoms. The largest absolute Gasteiger partial charge is 0.376 e. The first-order valence-corrected chi connectivity index (χ1v) is 11.1. The highest BCUT2D eigenvalue weighted by atomic mass is 16.5. The zero-order valence-corrected chi connectivity index (χ0v) is 18.4. The summed E-state index contributed by atoms with van der Waals surface area (Å²) in [4.78, 5) is 31.2. The molecule has 1 atom stereocenters. The molecular weight excluding hydrogens is 418 g/mol. The molecule has 5 rings (SSSR count). The van der Waals surface area contributed by atoms with Crippen molar-refractivity contribution in [2.24, 2.45) is 0 Å². The van der Waals surface area contributed by atoms with E-state index in [1.165, 1.54) is 10.5 Å². The van der Waals surface area contributed by atoms with Crippen LogP contribution in [0.3, 0.4) is 0 Å². The van der Waals surface area contributed by atoms with Gasteiger partial charge in [-0.3, -0.25) is 19.4 Å². The molecule has 0 aliphatic carbocycles. The number of rotatable bonds is 5. The molecule has 2 N–H and O–H groups in total. The minimum absolute atomic E-state index is 0.0146. The molecule has 8 nitrogen and oxygen atoms in total. The molecule has 4 heterocycles. The van der Waals surface area contributed by atoms with Gasteiger partial charge in [0.05, 0.1) is 23.6 Å². The molecule has 4 aromatic rings. The lowest BCUT2D eigenvalue weighted by Gasteiger charge is -2.16. The van der Waals surface area contributed by atoms with E-state index in [1.807, 2.05) is 43.3 Å². The molecule has 168 valence electrons. The Morgan fingerprint density at radius 1 is 1.21 bits per heavy atom. The lowest BCUT2D eigenvalue weighted by atomic mass is 10.1. The number of amides is 1. The molecule has 1 amide bonds. The van der Waals surface area contributed by atoms with Gasteiger partial charge in [-0.05, 0) is 43.0 Å². The maximum absolute atomic E-state index is 13.4. The summed E-state index contributed by atoms with van der Waals surface area (Å²) in [5, 5.41) is 12.0. The third kappa shape index (κ3) is 3.93. The number of carbonyl (C=O) groups is 1. The molecule has 3 aromatic heterocycles. The van der Waals surface area contributed by atoms with E-state index in [0.717, 1.165) is 24.0 Å². The van der Waals surface area contributed by atoms with Gasteiger partial charge < -0.3 is 14.6 Å². The molecule has 0 spiro atoms. The predicted molar refractivity (Wildman–Crippen MR) is 124 cm³/mol. The quantitative estimate of drug-likeness (QED) is 0.463. The highest BCUT2D eigenvalue weighted by Gasteiger charge is 2.20. The predicted octanol–water partition coefficient (Wildman–Crippen LogP) is 2.39. The Balaban J connectivity index is 1.69. The standard InChI is InChI=1S/C25H25N5O3/c1-16-7-5-11-29-22(16)28-23-20(25(29)32)13-19(24(31)27-14-18-10-6-12-33-18)21(26)30(23)15-17-8-3-2-4-9-17/h2-5,7-9,11,13,18,26H,6,10,12,14-15H2,1H3,(H,27,31)/t18-/m1/s1. The van der Waals surface area contributed by atoms with Gasteiger partial charge in [-0.1, -0.05) is 36.4 Å². The van der Waals surface area contributed by atoms with Gasteiger partial charge in [0.2, 0.25) is 0 Å². The number of pyridine rings is 2. The van der Waals surface area contributed by atoms with Gasteiger partial charge in [-0.15, -0.1) is 0 Å². The van der Waals surface area contributed by atoms with Crippen molar-refractivity contribution in [2.75, 3.05) is 13.2 Å². The molecule has 1 aliphatic heterocycles. The van der Waals surface area contributed by atoms with Crippen LogP contribution >= 0.6 is 0 Å². The van der Waals surface area contributed by atoms with Crippen LogP contribution in [-0.4, -0.2) is 39.1 Å². The topological polar surface area (TPSA) is 101 Å². The Kier molecular flexibility index (Phi) is 5.51. The summed E-state index contributed by atoms with van der Waals surface area (Å²) >= 11 is 0. The fourth-order valence-corrected chi connectivity index (χ4v) is 4.30. The number of hydrogen-bond donors (Lipinski definition) is 2. The number of hydrogen-bond acceptors (Lipinski definition) is 5. The third-order valence-electron chi connectivity index (χ3n) is 6.08. The molecule has 1 aromatic carbocycles. The van der Waals surface area contributed by atoms with Crippen molar-refractivity contribution in [3.63, 3.8) is 0 Å². The molecule has 1 fully saturated rings. The molecule has 0 bridgehead atoms. The van der Waals surface area contributed by atoms with Gasteiger partial charge in [0.15, 0.2) is 0 Å². The van der Waals surface area contributed by atoms with Crippen LogP contribution in [0.1, 0.15) is 34.3 Å². The van der Waals surface area contributed by atoms with Crippen molar-refractivity contribution < 1.29 is 9.53 Å². The molecule has 1 saturated heterocycles. The fraction of sp³-hybridized carbons (Fsp3) is 0.280. The zero-order valence-electron chi connectivity index (χ0n) is 18.4. The molecule has 0 radical (unpaired) electrons. The molecule has 8 heteroatoms. The Labute approximate surface area is 190 Å². The lowest BCUT2D eigenvalue weighted by Crippen LogP contribution is -2.38. The molecule has 1 aliphatic rings. The van der Waals surface area contributed by atoms with Crippen LogP contribution in [0, 0.1) is 12.3 Å². The van der Waals surface area contributed by atoms with E-state index in [-0.39, 0.29) is 22.7 Å². The first-order valence-electron chi connectivity index (χ1n) is 11.1. The minimum atomic E-state index is -0.395. The first kappa shape index (κ1) is 21.1. The summed E-state index contributed by atoms with van der Waals surface area (Å²) in [6.45, 7) is 3.29. The Morgan fingerprint density at radius 2 is 2.03 bits per heavy atom. The van der Waals surface area contributed by atoms with Crippen LogP contribution in [0.15, 0.2) is 59.5 Å². The van der Waals surface area contributed by atoms with Crippen molar-refractivity contribution >= 4 is 22.6 Å². The lowest BCUT2D eigenvalue weighted by molar-refractivity contribution is 0.0856. The van der Waals surface area contributed by atoms with Gasteiger partial charge in [0, 0.05) is 19.3 Å². The summed E-state index contributed by atoms with van der Waals surface area (Å²) in [5.74, 6) is -0.395. The first-order chi connectivity index (χ1) is 16.0. The van der Waals surface area contributed by atoms with Crippen LogP contribution < -0.4 is 16.4 Å². The van der Waals surface area contributed by atoms with Crippen molar-refractivity contribution in [1.82, 2.24) is 19.3 Å². The monoisotopic (exact) mass is 443 g/mol. The number of ether oxygens (including phenoxy) is 1. The number of fused-ring (bicyclic) bond motifs is 2.